The minimum absolute atomic E-state index is 0.0102. The number of pyridine rings is 1. The molecule has 8 rings (SSSR count). The fraction of sp³-hybridized carbons (Fsp3) is 0.348. The Balaban J connectivity index is 1.19. The highest BCUT2D eigenvalue weighted by Gasteiger charge is 2.52. The van der Waals surface area contributed by atoms with Gasteiger partial charge < -0.3 is 9.47 Å². The Morgan fingerprint density at radius 2 is 1.51 bits per heavy atom. The number of aryl methyl sites for hydroxylation is 4. The van der Waals surface area contributed by atoms with Crippen molar-refractivity contribution in [1.82, 2.24) is 4.98 Å². The predicted molar refractivity (Wildman–Crippen MR) is 209 cm³/mol. The normalized spacial score (nSPS) is 19.4. The van der Waals surface area contributed by atoms with Crippen LogP contribution in [-0.2, 0) is 21.0 Å². The molecule has 3 heterocycles. The Morgan fingerprint density at radius 1 is 0.765 bits per heavy atom. The number of aliphatic imine (C=N–C) groups is 1. The van der Waals surface area contributed by atoms with E-state index in [1.54, 1.807) is 0 Å². The van der Waals surface area contributed by atoms with Gasteiger partial charge in [-0.25, -0.2) is 9.98 Å². The molecule has 3 aliphatic rings. The Morgan fingerprint density at radius 3 is 2.27 bits per heavy atom. The van der Waals surface area contributed by atoms with Crippen molar-refractivity contribution in [2.24, 2.45) is 4.99 Å². The summed E-state index contributed by atoms with van der Waals surface area (Å²) < 4.78 is 13.6. The van der Waals surface area contributed by atoms with Gasteiger partial charge in [-0.1, -0.05) is 96.5 Å². The van der Waals surface area contributed by atoms with Crippen LogP contribution in [0.5, 0.6) is 11.5 Å². The van der Waals surface area contributed by atoms with Gasteiger partial charge in [0.05, 0.1) is 11.4 Å². The van der Waals surface area contributed by atoms with E-state index in [2.05, 4.69) is 160 Å². The molecule has 0 radical (unpaired) electrons. The van der Waals surface area contributed by atoms with Crippen LogP contribution >= 0.6 is 0 Å². The van der Waals surface area contributed by atoms with Gasteiger partial charge in [0.1, 0.15) is 29.5 Å². The average molecular weight is 676 g/mol. The van der Waals surface area contributed by atoms with Gasteiger partial charge in [-0.3, -0.25) is 4.90 Å². The van der Waals surface area contributed by atoms with Crippen molar-refractivity contribution in [3.8, 4) is 11.5 Å². The molecule has 5 aromatic rings. The Bertz CT molecular complexity index is 2270. The molecule has 0 saturated carbocycles. The van der Waals surface area contributed by atoms with Crippen molar-refractivity contribution in [2.75, 3.05) is 4.90 Å². The summed E-state index contributed by atoms with van der Waals surface area (Å²) in [5.74, 6) is 3.16. The first kappa shape index (κ1) is 33.3. The van der Waals surface area contributed by atoms with E-state index in [9.17, 15) is 0 Å². The van der Waals surface area contributed by atoms with Gasteiger partial charge in [0.2, 0.25) is 5.90 Å². The third-order valence-electron chi connectivity index (χ3n) is 11.5. The van der Waals surface area contributed by atoms with E-state index >= 15 is 0 Å². The topological polar surface area (TPSA) is 47.0 Å². The summed E-state index contributed by atoms with van der Waals surface area (Å²) in [7, 11) is 0. The zero-order valence-corrected chi connectivity index (χ0v) is 31.9. The highest BCUT2D eigenvalue weighted by molar-refractivity contribution is 5.98. The molecule has 2 aliphatic heterocycles. The van der Waals surface area contributed by atoms with Crippen LogP contribution in [0.1, 0.15) is 110 Å². The first-order valence-corrected chi connectivity index (χ1v) is 18.2. The summed E-state index contributed by atoms with van der Waals surface area (Å²) >= 11 is 0. The van der Waals surface area contributed by atoms with Gasteiger partial charge in [0, 0.05) is 28.7 Å². The lowest BCUT2D eigenvalue weighted by Gasteiger charge is -2.41. The molecule has 51 heavy (non-hydrogen) atoms. The third kappa shape index (κ3) is 5.19. The highest BCUT2D eigenvalue weighted by Crippen LogP contribution is 2.54. The van der Waals surface area contributed by atoms with Crippen LogP contribution in [0.4, 0.5) is 17.2 Å². The van der Waals surface area contributed by atoms with Gasteiger partial charge in [-0.2, -0.15) is 0 Å². The second-order valence-corrected chi connectivity index (χ2v) is 17.0. The van der Waals surface area contributed by atoms with Gasteiger partial charge in [0.25, 0.3) is 0 Å². The molecule has 0 saturated heterocycles. The minimum Gasteiger partial charge on any atom is -0.471 e. The Kier molecular flexibility index (Phi) is 7.37. The molecular weight excluding hydrogens is 627 g/mol. The number of aromatic nitrogens is 1. The molecule has 0 fully saturated rings. The van der Waals surface area contributed by atoms with Crippen molar-refractivity contribution in [2.45, 2.75) is 105 Å². The molecule has 5 nitrogen and oxygen atoms in total. The number of rotatable bonds is 4. The molecule has 0 N–H and O–H groups in total. The van der Waals surface area contributed by atoms with E-state index in [1.165, 1.54) is 38.9 Å². The molecule has 0 spiro atoms. The van der Waals surface area contributed by atoms with E-state index in [0.29, 0.717) is 5.90 Å². The fourth-order valence-electron chi connectivity index (χ4n) is 8.89. The fourth-order valence-corrected chi connectivity index (χ4v) is 8.89. The summed E-state index contributed by atoms with van der Waals surface area (Å²) in [6.07, 6.45) is 1.89. The van der Waals surface area contributed by atoms with E-state index < -0.39 is 0 Å². The molecule has 1 aromatic heterocycles. The van der Waals surface area contributed by atoms with Crippen LogP contribution in [0.15, 0.2) is 90.1 Å². The SMILES string of the molecule is Cc1cc(C)c2c(c1)[C@H]1N=C(c3cc(Oc4ccc5c(c4)N(c4cc(C(C)(C)C)ccn4)c4ccccc4C5(C)C)c(C)cc3C)O[C@H]1C2(C)C. The zero-order valence-electron chi connectivity index (χ0n) is 31.9. The Labute approximate surface area is 303 Å². The van der Waals surface area contributed by atoms with Gasteiger partial charge >= 0.3 is 0 Å². The lowest BCUT2D eigenvalue weighted by molar-refractivity contribution is 0.132. The van der Waals surface area contributed by atoms with Gasteiger partial charge in [0.15, 0.2) is 0 Å². The quantitative estimate of drug-likeness (QED) is 0.190. The van der Waals surface area contributed by atoms with Crippen molar-refractivity contribution in [3.63, 3.8) is 0 Å². The lowest BCUT2D eigenvalue weighted by Crippen LogP contribution is -2.32. The summed E-state index contributed by atoms with van der Waals surface area (Å²) in [6, 6.07) is 28.4. The van der Waals surface area contributed by atoms with E-state index in [0.717, 1.165) is 45.4 Å². The maximum Gasteiger partial charge on any atom is 0.217 e. The maximum atomic E-state index is 6.81. The molecule has 0 amide bonds. The first-order valence-electron chi connectivity index (χ1n) is 18.2. The largest absolute Gasteiger partial charge is 0.471 e. The minimum atomic E-state index is -0.213. The van der Waals surface area contributed by atoms with Crippen molar-refractivity contribution < 1.29 is 9.47 Å². The van der Waals surface area contributed by atoms with Crippen molar-refractivity contribution in [1.29, 1.82) is 0 Å². The second kappa shape index (κ2) is 11.3. The van der Waals surface area contributed by atoms with Crippen LogP contribution in [0.25, 0.3) is 0 Å². The number of anilines is 3. The van der Waals surface area contributed by atoms with E-state index in [4.69, 9.17) is 19.5 Å². The molecule has 5 heteroatoms. The number of fused-ring (bicyclic) bond motifs is 5. The summed E-state index contributed by atoms with van der Waals surface area (Å²) in [5, 5.41) is 0. The summed E-state index contributed by atoms with van der Waals surface area (Å²) in [4.78, 5) is 12.5. The number of hydrogen-bond donors (Lipinski definition) is 0. The molecule has 2 atom stereocenters. The molecule has 4 aromatic carbocycles. The number of hydrogen-bond acceptors (Lipinski definition) is 5. The van der Waals surface area contributed by atoms with E-state index in [-0.39, 0.29) is 28.4 Å². The average Bonchev–Trinajstić information content (AvgIpc) is 3.59. The molecule has 0 bridgehead atoms. The third-order valence-corrected chi connectivity index (χ3v) is 11.5. The number of benzene rings is 4. The van der Waals surface area contributed by atoms with Crippen LogP contribution in [-0.4, -0.2) is 17.0 Å². The van der Waals surface area contributed by atoms with Crippen molar-refractivity contribution in [3.05, 3.63) is 141 Å². The summed E-state index contributed by atoms with van der Waals surface area (Å²) in [6.45, 7) is 24.5. The standard InChI is InChI=1S/C46H49N3O2/c1-26-20-29(4)40-33(21-26)41-42(46(40,10)11)51-43(48-41)32-25-38(28(3)22-27(32)2)50-31-16-17-35-37(24-31)49(36-15-13-12-14-34(36)45(35,8)9)39-23-30(18-19-47-39)44(5,6)7/h12-25,41-42H,1-11H3/t41-,42-/m1/s1. The maximum absolute atomic E-state index is 6.81. The monoisotopic (exact) mass is 675 g/mol. The van der Waals surface area contributed by atoms with Crippen LogP contribution < -0.4 is 9.64 Å². The predicted octanol–water partition coefficient (Wildman–Crippen LogP) is 11.7. The lowest BCUT2D eigenvalue weighted by atomic mass is 9.73. The molecule has 1 aliphatic carbocycles. The van der Waals surface area contributed by atoms with Crippen LogP contribution in [0.2, 0.25) is 0 Å². The van der Waals surface area contributed by atoms with Crippen molar-refractivity contribution >= 4 is 23.1 Å². The smallest absolute Gasteiger partial charge is 0.217 e. The number of ether oxygens (including phenoxy) is 2. The Hall–Kier alpha value is -4.90. The number of nitrogens with zero attached hydrogens (tertiary/aromatic N) is 3. The van der Waals surface area contributed by atoms with Crippen LogP contribution in [0.3, 0.4) is 0 Å². The molecular formula is C46H49N3O2. The van der Waals surface area contributed by atoms with Crippen LogP contribution in [0, 0.1) is 27.7 Å². The van der Waals surface area contributed by atoms with Gasteiger partial charge in [-0.05, 0) is 108 Å². The zero-order chi connectivity index (χ0) is 36.2. The molecule has 260 valence electrons. The second-order valence-electron chi connectivity index (χ2n) is 17.0. The summed E-state index contributed by atoms with van der Waals surface area (Å²) in [5.41, 5.74) is 14.0. The number of para-hydroxylation sites is 1. The van der Waals surface area contributed by atoms with Gasteiger partial charge in [-0.15, -0.1) is 0 Å². The van der Waals surface area contributed by atoms with E-state index in [1.807, 2.05) is 6.20 Å². The first-order chi connectivity index (χ1) is 24.1. The highest BCUT2D eigenvalue weighted by atomic mass is 16.5. The molecule has 0 unspecified atom stereocenters.